The second-order valence-electron chi connectivity index (χ2n) is 5.65. The van der Waals surface area contributed by atoms with E-state index in [0.717, 1.165) is 37.0 Å². The second kappa shape index (κ2) is 6.31. The fourth-order valence-corrected chi connectivity index (χ4v) is 3.10. The molecule has 0 spiro atoms. The Morgan fingerprint density at radius 3 is 2.71 bits per heavy atom. The molecule has 1 N–H and O–H groups in total. The number of aliphatic hydroxyl groups is 1. The van der Waals surface area contributed by atoms with Crippen molar-refractivity contribution in [2.45, 2.75) is 44.8 Å². The van der Waals surface area contributed by atoms with Gasteiger partial charge < -0.3 is 9.84 Å². The molecule has 1 aliphatic rings. The van der Waals surface area contributed by atoms with Gasteiger partial charge in [-0.2, -0.15) is 0 Å². The largest absolute Gasteiger partial charge is 0.487 e. The molecule has 2 aromatic carbocycles. The standard InChI is InChI=1S/C19H22O2/c1-2-14-8-4-6-12-17(14)21-18-13-7-10-15-9-3-5-11-16(15)19(18)20/h3-6,8-9,11-12,18-20H,2,7,10,13H2,1H3. The number of hydrogen-bond donors (Lipinski definition) is 1. The number of aliphatic hydroxyl groups excluding tert-OH is 1. The van der Waals surface area contributed by atoms with Gasteiger partial charge in [0.1, 0.15) is 18.0 Å². The molecule has 21 heavy (non-hydrogen) atoms. The van der Waals surface area contributed by atoms with Gasteiger partial charge in [-0.1, -0.05) is 49.4 Å². The van der Waals surface area contributed by atoms with Crippen LogP contribution >= 0.6 is 0 Å². The number of para-hydroxylation sites is 1. The highest BCUT2D eigenvalue weighted by Gasteiger charge is 2.27. The quantitative estimate of drug-likeness (QED) is 0.860. The third kappa shape index (κ3) is 2.96. The number of rotatable bonds is 3. The summed E-state index contributed by atoms with van der Waals surface area (Å²) in [5.74, 6) is 0.906. The van der Waals surface area contributed by atoms with Crippen molar-refractivity contribution in [2.75, 3.05) is 0 Å². The van der Waals surface area contributed by atoms with Crippen LogP contribution in [0.15, 0.2) is 48.5 Å². The Morgan fingerprint density at radius 1 is 1.10 bits per heavy atom. The fraction of sp³-hybridized carbons (Fsp3) is 0.368. The lowest BCUT2D eigenvalue weighted by Gasteiger charge is -2.24. The number of aryl methyl sites for hydroxylation is 2. The molecule has 0 aromatic heterocycles. The number of ether oxygens (including phenoxy) is 1. The highest BCUT2D eigenvalue weighted by atomic mass is 16.5. The van der Waals surface area contributed by atoms with Crippen molar-refractivity contribution in [3.63, 3.8) is 0 Å². The van der Waals surface area contributed by atoms with Crippen LogP contribution in [0, 0.1) is 0 Å². The summed E-state index contributed by atoms with van der Waals surface area (Å²) in [6, 6.07) is 16.3. The number of fused-ring (bicyclic) bond motifs is 1. The molecular formula is C19H22O2. The topological polar surface area (TPSA) is 29.5 Å². The smallest absolute Gasteiger partial charge is 0.129 e. The summed E-state index contributed by atoms with van der Waals surface area (Å²) in [6.07, 6.45) is 3.17. The first-order valence-electron chi connectivity index (χ1n) is 7.80. The van der Waals surface area contributed by atoms with E-state index in [-0.39, 0.29) is 6.10 Å². The van der Waals surface area contributed by atoms with Crippen molar-refractivity contribution < 1.29 is 9.84 Å². The Labute approximate surface area is 126 Å². The molecule has 0 bridgehead atoms. The molecule has 2 atom stereocenters. The molecule has 2 unspecified atom stereocenters. The molecule has 2 aromatic rings. The molecule has 0 aliphatic heterocycles. The van der Waals surface area contributed by atoms with Gasteiger partial charge in [0.15, 0.2) is 0 Å². The van der Waals surface area contributed by atoms with Crippen molar-refractivity contribution >= 4 is 0 Å². The van der Waals surface area contributed by atoms with E-state index >= 15 is 0 Å². The van der Waals surface area contributed by atoms with Gasteiger partial charge in [-0.3, -0.25) is 0 Å². The van der Waals surface area contributed by atoms with E-state index in [1.165, 1.54) is 11.1 Å². The van der Waals surface area contributed by atoms with Crippen molar-refractivity contribution in [3.05, 3.63) is 65.2 Å². The third-order valence-electron chi connectivity index (χ3n) is 4.29. The lowest BCUT2D eigenvalue weighted by atomic mass is 10.00. The maximum absolute atomic E-state index is 10.7. The van der Waals surface area contributed by atoms with E-state index in [4.69, 9.17) is 4.74 Å². The molecule has 0 amide bonds. The van der Waals surface area contributed by atoms with Crippen LogP contribution in [0.1, 0.15) is 42.6 Å². The average molecular weight is 282 g/mol. The second-order valence-corrected chi connectivity index (χ2v) is 5.65. The van der Waals surface area contributed by atoms with Crippen LogP contribution in [0.5, 0.6) is 5.75 Å². The first-order chi connectivity index (χ1) is 10.3. The van der Waals surface area contributed by atoms with Gasteiger partial charge in [0, 0.05) is 0 Å². The SMILES string of the molecule is CCc1ccccc1OC1CCCc2ccccc2C1O. The lowest BCUT2D eigenvalue weighted by Crippen LogP contribution is -2.25. The van der Waals surface area contributed by atoms with Crippen molar-refractivity contribution in [2.24, 2.45) is 0 Å². The van der Waals surface area contributed by atoms with Crippen LogP contribution in [0.2, 0.25) is 0 Å². The van der Waals surface area contributed by atoms with Crippen LogP contribution in [0.3, 0.4) is 0 Å². The number of hydrogen-bond acceptors (Lipinski definition) is 2. The molecular weight excluding hydrogens is 260 g/mol. The minimum Gasteiger partial charge on any atom is -0.487 e. The van der Waals surface area contributed by atoms with Crippen LogP contribution in [-0.4, -0.2) is 11.2 Å². The Balaban J connectivity index is 1.86. The Bertz CT molecular complexity index is 606. The zero-order chi connectivity index (χ0) is 14.7. The van der Waals surface area contributed by atoms with Crippen molar-refractivity contribution in [1.29, 1.82) is 0 Å². The molecule has 110 valence electrons. The molecule has 1 aliphatic carbocycles. The molecule has 0 saturated heterocycles. The molecule has 2 nitrogen and oxygen atoms in total. The molecule has 0 saturated carbocycles. The van der Waals surface area contributed by atoms with Gasteiger partial charge in [-0.25, -0.2) is 0 Å². The summed E-state index contributed by atoms with van der Waals surface area (Å²) in [5, 5.41) is 10.7. The summed E-state index contributed by atoms with van der Waals surface area (Å²) in [5.41, 5.74) is 3.47. The summed E-state index contributed by atoms with van der Waals surface area (Å²) in [6.45, 7) is 2.13. The first kappa shape index (κ1) is 14.2. The van der Waals surface area contributed by atoms with Crippen LogP contribution in [0.4, 0.5) is 0 Å². The predicted octanol–water partition coefficient (Wildman–Crippen LogP) is 4.07. The Hall–Kier alpha value is -1.80. The summed E-state index contributed by atoms with van der Waals surface area (Å²) in [7, 11) is 0. The zero-order valence-corrected chi connectivity index (χ0v) is 12.5. The van der Waals surface area contributed by atoms with E-state index in [0.29, 0.717) is 0 Å². The minimum atomic E-state index is -0.548. The highest BCUT2D eigenvalue weighted by Crippen LogP contribution is 2.32. The van der Waals surface area contributed by atoms with Crippen LogP contribution < -0.4 is 4.74 Å². The van der Waals surface area contributed by atoms with Crippen LogP contribution in [0.25, 0.3) is 0 Å². The van der Waals surface area contributed by atoms with Gasteiger partial charge in [0.05, 0.1) is 0 Å². The maximum atomic E-state index is 10.7. The van der Waals surface area contributed by atoms with E-state index in [9.17, 15) is 5.11 Å². The van der Waals surface area contributed by atoms with Gasteiger partial charge in [-0.05, 0) is 48.4 Å². The zero-order valence-electron chi connectivity index (χ0n) is 12.5. The summed E-state index contributed by atoms with van der Waals surface area (Å²) in [4.78, 5) is 0. The van der Waals surface area contributed by atoms with E-state index in [1.807, 2.05) is 36.4 Å². The number of benzene rings is 2. The molecule has 0 fully saturated rings. The van der Waals surface area contributed by atoms with Gasteiger partial charge in [0.25, 0.3) is 0 Å². The Morgan fingerprint density at radius 2 is 1.86 bits per heavy atom. The third-order valence-corrected chi connectivity index (χ3v) is 4.29. The maximum Gasteiger partial charge on any atom is 0.129 e. The summed E-state index contributed by atoms with van der Waals surface area (Å²) < 4.78 is 6.18. The average Bonchev–Trinajstić information content (AvgIpc) is 2.68. The van der Waals surface area contributed by atoms with E-state index < -0.39 is 6.10 Å². The molecule has 0 radical (unpaired) electrons. The van der Waals surface area contributed by atoms with Gasteiger partial charge in [-0.15, -0.1) is 0 Å². The van der Waals surface area contributed by atoms with Gasteiger partial charge >= 0.3 is 0 Å². The van der Waals surface area contributed by atoms with E-state index in [2.05, 4.69) is 19.1 Å². The normalized spacial score (nSPS) is 21.4. The first-order valence-corrected chi connectivity index (χ1v) is 7.80. The van der Waals surface area contributed by atoms with Gasteiger partial charge in [0.2, 0.25) is 0 Å². The summed E-state index contributed by atoms with van der Waals surface area (Å²) >= 11 is 0. The predicted molar refractivity (Wildman–Crippen MR) is 84.6 cm³/mol. The van der Waals surface area contributed by atoms with E-state index in [1.54, 1.807) is 0 Å². The monoisotopic (exact) mass is 282 g/mol. The molecule has 2 heteroatoms. The van der Waals surface area contributed by atoms with Crippen molar-refractivity contribution in [3.8, 4) is 5.75 Å². The molecule has 3 rings (SSSR count). The lowest BCUT2D eigenvalue weighted by molar-refractivity contribution is 0.0316. The minimum absolute atomic E-state index is 0.165. The van der Waals surface area contributed by atoms with Crippen LogP contribution in [-0.2, 0) is 12.8 Å². The molecule has 0 heterocycles. The van der Waals surface area contributed by atoms with Crippen molar-refractivity contribution in [1.82, 2.24) is 0 Å². The fourth-order valence-electron chi connectivity index (χ4n) is 3.10. The Kier molecular flexibility index (Phi) is 4.26. The highest BCUT2D eigenvalue weighted by molar-refractivity contribution is 5.35.